The molecule has 0 radical (unpaired) electrons. The van der Waals surface area contributed by atoms with Crippen molar-refractivity contribution in [3.05, 3.63) is 87.7 Å². The van der Waals surface area contributed by atoms with Gasteiger partial charge in [0, 0.05) is 18.7 Å². The van der Waals surface area contributed by atoms with Gasteiger partial charge in [0.25, 0.3) is 17.4 Å². The van der Waals surface area contributed by atoms with E-state index < -0.39 is 23.3 Å². The Balaban J connectivity index is 1.78. The first kappa shape index (κ1) is 21.5. The molecule has 158 valence electrons. The summed E-state index contributed by atoms with van der Waals surface area (Å²) in [4.78, 5) is 51.1. The van der Waals surface area contributed by atoms with E-state index in [1.807, 2.05) is 31.2 Å². The minimum Gasteiger partial charge on any atom is -0.370 e. The van der Waals surface area contributed by atoms with Crippen LogP contribution in [0.2, 0.25) is 0 Å². The summed E-state index contributed by atoms with van der Waals surface area (Å²) in [6.07, 6.45) is 0.00291. The first-order valence-corrected chi connectivity index (χ1v) is 9.62. The number of carbonyl (C=O) groups excluding carboxylic acids is 3. The van der Waals surface area contributed by atoms with Gasteiger partial charge < -0.3 is 21.4 Å². The summed E-state index contributed by atoms with van der Waals surface area (Å²) in [5.74, 6) is -1.65. The molecule has 3 amide bonds. The molecule has 5 N–H and O–H groups in total. The number of hydrogen-bond donors (Lipinski definition) is 4. The number of anilines is 1. The Morgan fingerprint density at radius 1 is 0.935 bits per heavy atom. The molecule has 8 nitrogen and oxygen atoms in total. The number of aromatic nitrogens is 1. The van der Waals surface area contributed by atoms with Gasteiger partial charge in [0.1, 0.15) is 5.56 Å². The number of carbonyl (C=O) groups is 3. The average Bonchev–Trinajstić information content (AvgIpc) is 2.73. The molecule has 3 rings (SSSR count). The number of aryl methyl sites for hydroxylation is 1. The van der Waals surface area contributed by atoms with Crippen molar-refractivity contribution < 1.29 is 14.4 Å². The second-order valence-electron chi connectivity index (χ2n) is 6.96. The summed E-state index contributed by atoms with van der Waals surface area (Å²) in [7, 11) is 0. The zero-order valence-corrected chi connectivity index (χ0v) is 16.9. The van der Waals surface area contributed by atoms with E-state index in [4.69, 9.17) is 5.73 Å². The normalized spacial score (nSPS) is 10.4. The van der Waals surface area contributed by atoms with Crippen LogP contribution < -0.4 is 21.9 Å². The number of amides is 3. The van der Waals surface area contributed by atoms with Crippen molar-refractivity contribution in [2.24, 2.45) is 5.73 Å². The van der Waals surface area contributed by atoms with Crippen molar-refractivity contribution in [1.82, 2.24) is 10.3 Å². The highest BCUT2D eigenvalue weighted by Crippen LogP contribution is 2.18. The number of nitrogens with two attached hydrogens (primary N) is 1. The predicted octanol–water partition coefficient (Wildman–Crippen LogP) is 2.21. The number of primary amides is 1. The molecule has 0 bridgehead atoms. The van der Waals surface area contributed by atoms with Gasteiger partial charge in [0.2, 0.25) is 5.91 Å². The van der Waals surface area contributed by atoms with E-state index in [0.29, 0.717) is 5.69 Å². The van der Waals surface area contributed by atoms with Crippen molar-refractivity contribution in [1.29, 1.82) is 0 Å². The highest BCUT2D eigenvalue weighted by atomic mass is 16.2. The van der Waals surface area contributed by atoms with Crippen molar-refractivity contribution in [3.8, 4) is 11.3 Å². The van der Waals surface area contributed by atoms with Crippen LogP contribution in [-0.2, 0) is 4.79 Å². The lowest BCUT2D eigenvalue weighted by atomic mass is 10.1. The molecule has 1 heterocycles. The van der Waals surface area contributed by atoms with Crippen LogP contribution in [0.3, 0.4) is 0 Å². The molecular formula is C23H22N4O4. The molecule has 2 aromatic carbocycles. The molecule has 31 heavy (non-hydrogen) atoms. The molecule has 0 fully saturated rings. The van der Waals surface area contributed by atoms with Gasteiger partial charge in [-0.1, -0.05) is 35.9 Å². The Bertz CT molecular complexity index is 1200. The van der Waals surface area contributed by atoms with E-state index in [9.17, 15) is 19.2 Å². The third-order valence-corrected chi connectivity index (χ3v) is 4.56. The third-order valence-electron chi connectivity index (χ3n) is 4.56. The fourth-order valence-corrected chi connectivity index (χ4v) is 3.01. The van der Waals surface area contributed by atoms with Crippen LogP contribution >= 0.6 is 0 Å². The van der Waals surface area contributed by atoms with Crippen LogP contribution in [0, 0.1) is 6.92 Å². The standard InChI is InChI=1S/C23H22N4O4/c1-14-5-4-6-15(13-14)18-10-9-17(22(30)26-18)23(31)27-19-8-3-2-7-16(19)21(29)25-12-11-20(24)28/h2-10,13H,11-12H2,1H3,(H2,24,28)(H,25,29)(H,26,30)(H,27,31). The van der Waals surface area contributed by atoms with Crippen LogP contribution in [0.1, 0.15) is 32.7 Å². The molecule has 0 aliphatic heterocycles. The second-order valence-corrected chi connectivity index (χ2v) is 6.96. The number of para-hydroxylation sites is 1. The van der Waals surface area contributed by atoms with Crippen LogP contribution in [0.5, 0.6) is 0 Å². The van der Waals surface area contributed by atoms with E-state index in [1.54, 1.807) is 24.3 Å². The summed E-state index contributed by atoms with van der Waals surface area (Å²) < 4.78 is 0. The number of hydrogen-bond acceptors (Lipinski definition) is 4. The number of benzene rings is 2. The zero-order valence-electron chi connectivity index (χ0n) is 16.9. The van der Waals surface area contributed by atoms with Gasteiger partial charge in [0.05, 0.1) is 11.3 Å². The lowest BCUT2D eigenvalue weighted by Crippen LogP contribution is -2.29. The molecular weight excluding hydrogens is 396 g/mol. The number of pyridine rings is 1. The maximum absolute atomic E-state index is 12.7. The van der Waals surface area contributed by atoms with Gasteiger partial charge in [-0.25, -0.2) is 0 Å². The van der Waals surface area contributed by atoms with Crippen LogP contribution in [0.4, 0.5) is 5.69 Å². The molecule has 0 aliphatic carbocycles. The lowest BCUT2D eigenvalue weighted by molar-refractivity contribution is -0.117. The van der Waals surface area contributed by atoms with E-state index in [2.05, 4.69) is 15.6 Å². The molecule has 1 aromatic heterocycles. The van der Waals surface area contributed by atoms with E-state index in [1.165, 1.54) is 12.1 Å². The lowest BCUT2D eigenvalue weighted by Gasteiger charge is -2.11. The Morgan fingerprint density at radius 3 is 2.42 bits per heavy atom. The minimum absolute atomic E-state index is 0.00291. The Hall–Kier alpha value is -4.20. The first-order chi connectivity index (χ1) is 14.8. The maximum atomic E-state index is 12.7. The van der Waals surface area contributed by atoms with Gasteiger partial charge in [0.15, 0.2) is 0 Å². The number of H-pyrrole nitrogens is 1. The van der Waals surface area contributed by atoms with Crippen LogP contribution in [-0.4, -0.2) is 29.3 Å². The fraction of sp³-hybridized carbons (Fsp3) is 0.130. The van der Waals surface area contributed by atoms with Gasteiger partial charge in [-0.15, -0.1) is 0 Å². The molecule has 0 saturated heterocycles. The summed E-state index contributed by atoms with van der Waals surface area (Å²) >= 11 is 0. The SMILES string of the molecule is Cc1cccc(-c2ccc(C(=O)Nc3ccccc3C(=O)NCCC(N)=O)c(=O)[nH]2)c1. The second kappa shape index (κ2) is 9.53. The number of nitrogens with one attached hydrogen (secondary N) is 3. The van der Waals surface area contributed by atoms with Crippen molar-refractivity contribution >= 4 is 23.4 Å². The number of rotatable bonds is 7. The summed E-state index contributed by atoms with van der Waals surface area (Å²) in [5, 5.41) is 5.17. The fourth-order valence-electron chi connectivity index (χ4n) is 3.01. The summed E-state index contributed by atoms with van der Waals surface area (Å²) in [5.41, 5.74) is 7.37. The third kappa shape index (κ3) is 5.45. The maximum Gasteiger partial charge on any atom is 0.261 e. The van der Waals surface area contributed by atoms with Crippen molar-refractivity contribution in [2.75, 3.05) is 11.9 Å². The molecule has 3 aromatic rings. The first-order valence-electron chi connectivity index (χ1n) is 9.62. The topological polar surface area (TPSA) is 134 Å². The average molecular weight is 418 g/mol. The Morgan fingerprint density at radius 2 is 1.71 bits per heavy atom. The highest BCUT2D eigenvalue weighted by molar-refractivity contribution is 6.09. The molecule has 0 atom stereocenters. The van der Waals surface area contributed by atoms with E-state index >= 15 is 0 Å². The van der Waals surface area contributed by atoms with Gasteiger partial charge >= 0.3 is 0 Å². The van der Waals surface area contributed by atoms with Crippen LogP contribution in [0.15, 0.2) is 65.5 Å². The molecule has 0 spiro atoms. The van der Waals surface area contributed by atoms with Crippen molar-refractivity contribution in [2.45, 2.75) is 13.3 Å². The van der Waals surface area contributed by atoms with Gasteiger partial charge in [-0.05, 0) is 42.8 Å². The van der Waals surface area contributed by atoms with Crippen molar-refractivity contribution in [3.63, 3.8) is 0 Å². The smallest absolute Gasteiger partial charge is 0.261 e. The Labute approximate surface area is 178 Å². The van der Waals surface area contributed by atoms with E-state index in [-0.39, 0.29) is 29.8 Å². The number of aromatic amines is 1. The van der Waals surface area contributed by atoms with Gasteiger partial charge in [-0.2, -0.15) is 0 Å². The molecule has 0 saturated carbocycles. The van der Waals surface area contributed by atoms with Crippen LogP contribution in [0.25, 0.3) is 11.3 Å². The quantitative estimate of drug-likeness (QED) is 0.468. The largest absolute Gasteiger partial charge is 0.370 e. The summed E-state index contributed by atoms with van der Waals surface area (Å²) in [6, 6.07) is 17.1. The monoisotopic (exact) mass is 418 g/mol. The van der Waals surface area contributed by atoms with Gasteiger partial charge in [-0.3, -0.25) is 19.2 Å². The molecule has 8 heteroatoms. The molecule has 0 unspecified atom stereocenters. The highest BCUT2D eigenvalue weighted by Gasteiger charge is 2.16. The minimum atomic E-state index is -0.644. The zero-order chi connectivity index (χ0) is 22.4. The summed E-state index contributed by atoms with van der Waals surface area (Å²) in [6.45, 7) is 2.03. The van der Waals surface area contributed by atoms with E-state index in [0.717, 1.165) is 11.1 Å². The molecule has 0 aliphatic rings. The Kier molecular flexibility index (Phi) is 6.61. The predicted molar refractivity (Wildman–Crippen MR) is 118 cm³/mol.